The van der Waals surface area contributed by atoms with Crippen molar-refractivity contribution in [1.29, 1.82) is 0 Å². The molecule has 0 bridgehead atoms. The fraction of sp³-hybridized carbons (Fsp3) is 0.333. The van der Waals surface area contributed by atoms with Gasteiger partial charge in [0.05, 0.1) is 0 Å². The Morgan fingerprint density at radius 3 is 2.46 bits per heavy atom. The van der Waals surface area contributed by atoms with Crippen molar-refractivity contribution in [1.82, 2.24) is 0 Å². The Kier molecular flexibility index (Phi) is 4.10. The summed E-state index contributed by atoms with van der Waals surface area (Å²) >= 11 is 0. The Morgan fingerprint density at radius 1 is 1.15 bits per heavy atom. The highest BCUT2D eigenvalue weighted by atomic mass is 16.3. The van der Waals surface area contributed by atoms with E-state index >= 15 is 0 Å². The van der Waals surface area contributed by atoms with Crippen molar-refractivity contribution < 1.29 is 5.11 Å². The molecule has 1 aromatic rings. The van der Waals surface area contributed by atoms with Gasteiger partial charge in [-0.25, -0.2) is 0 Å². The molecule has 0 aliphatic carbocycles. The van der Waals surface area contributed by atoms with Crippen LogP contribution in [-0.2, 0) is 6.42 Å². The maximum Gasteiger partial charge on any atom is 0.115 e. The molecule has 1 nitrogen and oxygen atoms in total. The van der Waals surface area contributed by atoms with Crippen LogP contribution in [0.15, 0.2) is 36.9 Å². The molecule has 0 saturated heterocycles. The lowest BCUT2D eigenvalue weighted by Gasteiger charge is -2.00. The molecule has 70 valence electrons. The van der Waals surface area contributed by atoms with Crippen LogP contribution in [0.3, 0.4) is 0 Å². The number of aromatic hydroxyl groups is 1. The van der Waals surface area contributed by atoms with Crippen LogP contribution in [0.2, 0.25) is 0 Å². The Bertz CT molecular complexity index is 248. The van der Waals surface area contributed by atoms with E-state index < -0.39 is 0 Å². The highest BCUT2D eigenvalue weighted by Gasteiger charge is 1.92. The van der Waals surface area contributed by atoms with Crippen LogP contribution >= 0.6 is 0 Å². The number of rotatable bonds is 5. The van der Waals surface area contributed by atoms with Crippen molar-refractivity contribution in [2.75, 3.05) is 0 Å². The Balaban J connectivity index is 2.28. The molecule has 0 atom stereocenters. The number of phenols is 1. The number of aryl methyl sites for hydroxylation is 1. The van der Waals surface area contributed by atoms with Crippen molar-refractivity contribution >= 4 is 0 Å². The lowest BCUT2D eigenvalue weighted by Crippen LogP contribution is -1.84. The van der Waals surface area contributed by atoms with Crippen molar-refractivity contribution in [3.8, 4) is 5.75 Å². The van der Waals surface area contributed by atoms with E-state index in [1.807, 2.05) is 18.2 Å². The van der Waals surface area contributed by atoms with Crippen LogP contribution in [0.25, 0.3) is 0 Å². The van der Waals surface area contributed by atoms with Crippen molar-refractivity contribution in [2.45, 2.75) is 25.7 Å². The van der Waals surface area contributed by atoms with Gasteiger partial charge in [-0.15, -0.1) is 6.58 Å². The summed E-state index contributed by atoms with van der Waals surface area (Å²) in [5.74, 6) is 0.342. The first-order chi connectivity index (χ1) is 6.33. The largest absolute Gasteiger partial charge is 0.508 e. The van der Waals surface area contributed by atoms with Gasteiger partial charge < -0.3 is 5.11 Å². The third-order valence-electron chi connectivity index (χ3n) is 2.06. The van der Waals surface area contributed by atoms with Crippen LogP contribution in [0.4, 0.5) is 0 Å². The molecule has 13 heavy (non-hydrogen) atoms. The molecule has 0 amide bonds. The van der Waals surface area contributed by atoms with Gasteiger partial charge in [-0.2, -0.15) is 0 Å². The number of benzene rings is 1. The van der Waals surface area contributed by atoms with Gasteiger partial charge in [-0.05, 0) is 43.4 Å². The molecule has 1 rings (SSSR count). The molecule has 0 radical (unpaired) electrons. The van der Waals surface area contributed by atoms with E-state index in [-0.39, 0.29) is 0 Å². The van der Waals surface area contributed by atoms with Gasteiger partial charge in [-0.3, -0.25) is 0 Å². The Labute approximate surface area is 79.7 Å². The summed E-state index contributed by atoms with van der Waals surface area (Å²) < 4.78 is 0. The maximum absolute atomic E-state index is 9.05. The van der Waals surface area contributed by atoms with E-state index in [1.54, 1.807) is 12.1 Å². The van der Waals surface area contributed by atoms with Crippen LogP contribution in [0.5, 0.6) is 5.75 Å². The fourth-order valence-electron chi connectivity index (χ4n) is 1.28. The molecule has 0 heterocycles. The second-order valence-corrected chi connectivity index (χ2v) is 3.20. The van der Waals surface area contributed by atoms with Crippen molar-refractivity contribution in [3.63, 3.8) is 0 Å². The quantitative estimate of drug-likeness (QED) is 0.539. The summed E-state index contributed by atoms with van der Waals surface area (Å²) in [5, 5.41) is 9.05. The molecule has 0 spiro atoms. The average Bonchev–Trinajstić information content (AvgIpc) is 2.15. The first-order valence-corrected chi connectivity index (χ1v) is 4.72. The van der Waals surface area contributed by atoms with E-state index in [4.69, 9.17) is 5.11 Å². The summed E-state index contributed by atoms with van der Waals surface area (Å²) in [7, 11) is 0. The van der Waals surface area contributed by atoms with Gasteiger partial charge in [0.1, 0.15) is 5.75 Å². The van der Waals surface area contributed by atoms with Crippen LogP contribution < -0.4 is 0 Å². The molecule has 0 aliphatic heterocycles. The zero-order valence-electron chi connectivity index (χ0n) is 7.87. The summed E-state index contributed by atoms with van der Waals surface area (Å²) in [6.45, 7) is 3.68. The molecule has 0 aromatic heterocycles. The number of phenolic OH excluding ortho intramolecular Hbond substituents is 1. The first kappa shape index (κ1) is 9.85. The second-order valence-electron chi connectivity index (χ2n) is 3.20. The number of hydrogen-bond acceptors (Lipinski definition) is 1. The summed E-state index contributed by atoms with van der Waals surface area (Å²) in [6, 6.07) is 7.43. The molecular formula is C12H16O. The molecule has 1 heteroatoms. The fourth-order valence-corrected chi connectivity index (χ4v) is 1.28. The van der Waals surface area contributed by atoms with Crippen LogP contribution in [-0.4, -0.2) is 5.11 Å². The average molecular weight is 176 g/mol. The highest BCUT2D eigenvalue weighted by molar-refractivity contribution is 5.25. The summed E-state index contributed by atoms with van der Waals surface area (Å²) in [5.41, 5.74) is 1.29. The summed E-state index contributed by atoms with van der Waals surface area (Å²) in [6.07, 6.45) is 6.53. The van der Waals surface area contributed by atoms with Gasteiger partial charge in [0, 0.05) is 0 Å². The number of allylic oxidation sites excluding steroid dienone is 1. The van der Waals surface area contributed by atoms with E-state index in [2.05, 4.69) is 6.58 Å². The minimum absolute atomic E-state index is 0.342. The maximum atomic E-state index is 9.05. The topological polar surface area (TPSA) is 20.2 Å². The Hall–Kier alpha value is -1.24. The smallest absolute Gasteiger partial charge is 0.115 e. The van der Waals surface area contributed by atoms with Gasteiger partial charge in [0.15, 0.2) is 0 Å². The molecular weight excluding hydrogens is 160 g/mol. The molecule has 1 N–H and O–H groups in total. The third kappa shape index (κ3) is 3.79. The predicted molar refractivity (Wildman–Crippen MR) is 55.9 cm³/mol. The monoisotopic (exact) mass is 176 g/mol. The van der Waals surface area contributed by atoms with E-state index in [0.29, 0.717) is 5.75 Å². The van der Waals surface area contributed by atoms with E-state index in [9.17, 15) is 0 Å². The Morgan fingerprint density at radius 2 is 1.85 bits per heavy atom. The standard InChI is InChI=1S/C12H16O/c1-2-3-4-5-6-11-7-9-12(13)10-8-11/h2,7-10,13H,1,3-6H2. The molecule has 0 unspecified atom stereocenters. The molecule has 1 aromatic carbocycles. The minimum atomic E-state index is 0.342. The second kappa shape index (κ2) is 5.41. The van der Waals surface area contributed by atoms with Crippen molar-refractivity contribution in [3.05, 3.63) is 42.5 Å². The van der Waals surface area contributed by atoms with Gasteiger partial charge in [0.2, 0.25) is 0 Å². The first-order valence-electron chi connectivity index (χ1n) is 4.72. The number of hydrogen-bond donors (Lipinski definition) is 1. The SMILES string of the molecule is C=CCCCCc1ccc(O)cc1. The van der Waals surface area contributed by atoms with Crippen molar-refractivity contribution in [2.24, 2.45) is 0 Å². The molecule has 0 fully saturated rings. The lowest BCUT2D eigenvalue weighted by atomic mass is 10.1. The molecule has 0 saturated carbocycles. The zero-order chi connectivity index (χ0) is 9.52. The predicted octanol–water partition coefficient (Wildman–Crippen LogP) is 3.29. The minimum Gasteiger partial charge on any atom is -0.508 e. The third-order valence-corrected chi connectivity index (χ3v) is 2.06. The normalized spacial score (nSPS) is 9.85. The van der Waals surface area contributed by atoms with Crippen LogP contribution in [0, 0.1) is 0 Å². The lowest BCUT2D eigenvalue weighted by molar-refractivity contribution is 0.475. The zero-order valence-corrected chi connectivity index (χ0v) is 7.87. The van der Waals surface area contributed by atoms with Gasteiger partial charge in [-0.1, -0.05) is 18.2 Å². The highest BCUT2D eigenvalue weighted by Crippen LogP contribution is 2.12. The van der Waals surface area contributed by atoms with Crippen LogP contribution in [0.1, 0.15) is 24.8 Å². The molecule has 0 aliphatic rings. The van der Waals surface area contributed by atoms with E-state index in [1.165, 1.54) is 18.4 Å². The van der Waals surface area contributed by atoms with Gasteiger partial charge in [0.25, 0.3) is 0 Å². The number of unbranched alkanes of at least 4 members (excludes halogenated alkanes) is 2. The summed E-state index contributed by atoms with van der Waals surface area (Å²) in [4.78, 5) is 0. The van der Waals surface area contributed by atoms with E-state index in [0.717, 1.165) is 12.8 Å². The van der Waals surface area contributed by atoms with Gasteiger partial charge >= 0.3 is 0 Å².